The third kappa shape index (κ3) is 3.09. The summed E-state index contributed by atoms with van der Waals surface area (Å²) in [7, 11) is -3.10. The Kier molecular flexibility index (Phi) is 4.16. The van der Waals surface area contributed by atoms with E-state index in [4.69, 9.17) is 0 Å². The van der Waals surface area contributed by atoms with Crippen molar-refractivity contribution < 1.29 is 8.42 Å². The van der Waals surface area contributed by atoms with Crippen molar-refractivity contribution in [2.45, 2.75) is 37.8 Å². The number of nitrogens with one attached hydrogen (secondary N) is 1. The van der Waals surface area contributed by atoms with E-state index in [-0.39, 0.29) is 5.75 Å². The molecule has 106 valence electrons. The molecule has 1 fully saturated rings. The van der Waals surface area contributed by atoms with Crippen LogP contribution >= 0.6 is 0 Å². The first-order valence-corrected chi connectivity index (χ1v) is 8.42. The SMILES string of the molecule is CCS(=O)(=O)c1ccc(N2CC(C)NCC2C)cc1. The lowest BCUT2D eigenvalue weighted by atomic mass is 10.1. The molecular formula is C14H22N2O2S. The van der Waals surface area contributed by atoms with Gasteiger partial charge < -0.3 is 10.2 Å². The molecule has 0 radical (unpaired) electrons. The van der Waals surface area contributed by atoms with Gasteiger partial charge in [0.25, 0.3) is 0 Å². The Bertz CT molecular complexity index is 525. The largest absolute Gasteiger partial charge is 0.366 e. The maximum absolute atomic E-state index is 11.8. The number of hydrogen-bond acceptors (Lipinski definition) is 4. The van der Waals surface area contributed by atoms with Gasteiger partial charge in [0.05, 0.1) is 10.6 Å². The fraction of sp³-hybridized carbons (Fsp3) is 0.571. The van der Waals surface area contributed by atoms with E-state index >= 15 is 0 Å². The minimum Gasteiger partial charge on any atom is -0.366 e. The second-order valence-electron chi connectivity index (χ2n) is 5.21. The molecule has 1 heterocycles. The van der Waals surface area contributed by atoms with Crippen LogP contribution in [0.3, 0.4) is 0 Å². The molecule has 1 aromatic rings. The van der Waals surface area contributed by atoms with Gasteiger partial charge in [0.15, 0.2) is 9.84 Å². The minimum absolute atomic E-state index is 0.146. The molecule has 1 saturated heterocycles. The highest BCUT2D eigenvalue weighted by Crippen LogP contribution is 2.22. The molecule has 0 amide bonds. The van der Waals surface area contributed by atoms with Crippen molar-refractivity contribution in [1.29, 1.82) is 0 Å². The Balaban J connectivity index is 2.23. The number of nitrogens with zero attached hydrogens (tertiary/aromatic N) is 1. The summed E-state index contributed by atoms with van der Waals surface area (Å²) in [6, 6.07) is 8.13. The number of benzene rings is 1. The molecule has 0 spiro atoms. The van der Waals surface area contributed by atoms with E-state index in [2.05, 4.69) is 24.1 Å². The molecule has 1 N–H and O–H groups in total. The lowest BCUT2D eigenvalue weighted by molar-refractivity contribution is 0.425. The van der Waals surface area contributed by atoms with Gasteiger partial charge in [-0.05, 0) is 38.1 Å². The zero-order valence-electron chi connectivity index (χ0n) is 11.8. The van der Waals surface area contributed by atoms with Gasteiger partial charge in [-0.2, -0.15) is 0 Å². The van der Waals surface area contributed by atoms with Gasteiger partial charge in [0.2, 0.25) is 0 Å². The fourth-order valence-electron chi connectivity index (χ4n) is 2.39. The highest BCUT2D eigenvalue weighted by molar-refractivity contribution is 7.91. The van der Waals surface area contributed by atoms with E-state index in [1.165, 1.54) is 0 Å². The molecule has 0 saturated carbocycles. The van der Waals surface area contributed by atoms with Crippen LogP contribution in [0.15, 0.2) is 29.2 Å². The van der Waals surface area contributed by atoms with E-state index in [0.29, 0.717) is 17.0 Å². The van der Waals surface area contributed by atoms with Crippen LogP contribution in [0.1, 0.15) is 20.8 Å². The van der Waals surface area contributed by atoms with Gasteiger partial charge in [-0.1, -0.05) is 6.92 Å². The normalized spacial score (nSPS) is 24.5. The van der Waals surface area contributed by atoms with E-state index < -0.39 is 9.84 Å². The lowest BCUT2D eigenvalue weighted by Crippen LogP contribution is -2.54. The smallest absolute Gasteiger partial charge is 0.178 e. The van der Waals surface area contributed by atoms with Crippen LogP contribution in [0.2, 0.25) is 0 Å². The molecular weight excluding hydrogens is 260 g/mol. The molecule has 1 aliphatic heterocycles. The third-order valence-corrected chi connectivity index (χ3v) is 5.42. The van der Waals surface area contributed by atoms with E-state index in [0.717, 1.165) is 18.8 Å². The summed E-state index contributed by atoms with van der Waals surface area (Å²) >= 11 is 0. The number of piperazine rings is 1. The first-order valence-electron chi connectivity index (χ1n) is 6.77. The molecule has 0 aliphatic carbocycles. The molecule has 0 aromatic heterocycles. The summed E-state index contributed by atoms with van der Waals surface area (Å²) < 4.78 is 23.6. The van der Waals surface area contributed by atoms with Crippen molar-refractivity contribution in [3.8, 4) is 0 Å². The van der Waals surface area contributed by atoms with Crippen LogP contribution in [0.4, 0.5) is 5.69 Å². The van der Waals surface area contributed by atoms with Gasteiger partial charge in [-0.25, -0.2) is 8.42 Å². The third-order valence-electron chi connectivity index (χ3n) is 3.67. The topological polar surface area (TPSA) is 49.4 Å². The van der Waals surface area contributed by atoms with Crippen LogP contribution in [-0.2, 0) is 9.84 Å². The summed E-state index contributed by atoms with van der Waals surface area (Å²) in [5, 5.41) is 3.44. The van der Waals surface area contributed by atoms with Crippen molar-refractivity contribution in [3.05, 3.63) is 24.3 Å². The predicted molar refractivity (Wildman–Crippen MR) is 78.4 cm³/mol. The van der Waals surface area contributed by atoms with Crippen LogP contribution in [0.5, 0.6) is 0 Å². The molecule has 2 rings (SSSR count). The Morgan fingerprint density at radius 1 is 1.26 bits per heavy atom. The Hall–Kier alpha value is -1.07. The molecule has 1 aromatic carbocycles. The second-order valence-corrected chi connectivity index (χ2v) is 7.49. The summed E-state index contributed by atoms with van der Waals surface area (Å²) in [4.78, 5) is 2.73. The second kappa shape index (κ2) is 5.51. The van der Waals surface area contributed by atoms with Crippen molar-refractivity contribution in [2.24, 2.45) is 0 Å². The van der Waals surface area contributed by atoms with Gasteiger partial charge >= 0.3 is 0 Å². The average molecular weight is 282 g/mol. The summed E-state index contributed by atoms with van der Waals surface area (Å²) in [5.74, 6) is 0.146. The van der Waals surface area contributed by atoms with Crippen LogP contribution in [-0.4, -0.2) is 39.3 Å². The zero-order valence-corrected chi connectivity index (χ0v) is 12.6. The molecule has 2 atom stereocenters. The minimum atomic E-state index is -3.10. The Morgan fingerprint density at radius 2 is 1.89 bits per heavy atom. The van der Waals surface area contributed by atoms with E-state index in [1.54, 1.807) is 19.1 Å². The van der Waals surface area contributed by atoms with Gasteiger partial charge in [0.1, 0.15) is 0 Å². The van der Waals surface area contributed by atoms with Crippen LogP contribution < -0.4 is 10.2 Å². The first kappa shape index (κ1) is 14.3. The maximum Gasteiger partial charge on any atom is 0.178 e. The van der Waals surface area contributed by atoms with Crippen molar-refractivity contribution in [1.82, 2.24) is 5.32 Å². The summed E-state index contributed by atoms with van der Waals surface area (Å²) in [5.41, 5.74) is 1.09. The standard InChI is InChI=1S/C14H22N2O2S/c1-4-19(17,18)14-7-5-13(6-8-14)16-10-11(2)15-9-12(16)3/h5-8,11-12,15H,4,9-10H2,1-3H3. The number of hydrogen-bond donors (Lipinski definition) is 1. The van der Waals surface area contributed by atoms with Crippen molar-refractivity contribution in [3.63, 3.8) is 0 Å². The fourth-order valence-corrected chi connectivity index (χ4v) is 3.28. The number of anilines is 1. The monoisotopic (exact) mass is 282 g/mol. The predicted octanol–water partition coefficient (Wildman–Crippen LogP) is 1.67. The van der Waals surface area contributed by atoms with E-state index in [1.807, 2.05) is 12.1 Å². The van der Waals surface area contributed by atoms with Crippen molar-refractivity contribution >= 4 is 15.5 Å². The van der Waals surface area contributed by atoms with Gasteiger partial charge in [-0.15, -0.1) is 0 Å². The Morgan fingerprint density at radius 3 is 2.47 bits per heavy atom. The maximum atomic E-state index is 11.8. The van der Waals surface area contributed by atoms with Crippen LogP contribution in [0, 0.1) is 0 Å². The average Bonchev–Trinajstić information content (AvgIpc) is 2.42. The number of sulfone groups is 1. The molecule has 1 aliphatic rings. The molecule has 2 unspecified atom stereocenters. The molecule has 4 nitrogen and oxygen atoms in total. The zero-order chi connectivity index (χ0) is 14.0. The molecule has 19 heavy (non-hydrogen) atoms. The molecule has 0 bridgehead atoms. The highest BCUT2D eigenvalue weighted by Gasteiger charge is 2.22. The summed E-state index contributed by atoms with van der Waals surface area (Å²) in [6.07, 6.45) is 0. The Labute approximate surface area is 115 Å². The quantitative estimate of drug-likeness (QED) is 0.916. The van der Waals surface area contributed by atoms with E-state index in [9.17, 15) is 8.42 Å². The van der Waals surface area contributed by atoms with Crippen molar-refractivity contribution in [2.75, 3.05) is 23.7 Å². The highest BCUT2D eigenvalue weighted by atomic mass is 32.2. The summed E-state index contributed by atoms with van der Waals surface area (Å²) in [6.45, 7) is 7.91. The first-order chi connectivity index (χ1) is 8.94. The lowest BCUT2D eigenvalue weighted by Gasteiger charge is -2.39. The van der Waals surface area contributed by atoms with Crippen LogP contribution in [0.25, 0.3) is 0 Å². The van der Waals surface area contributed by atoms with Gasteiger partial charge in [-0.3, -0.25) is 0 Å². The number of rotatable bonds is 3. The van der Waals surface area contributed by atoms with Gasteiger partial charge in [0, 0.05) is 30.9 Å². The molecule has 5 heteroatoms.